The quantitative estimate of drug-likeness (QED) is 0.510. The van der Waals surface area contributed by atoms with Crippen molar-refractivity contribution in [3.05, 3.63) is 29.3 Å². The summed E-state index contributed by atoms with van der Waals surface area (Å²) in [7, 11) is 0. The summed E-state index contributed by atoms with van der Waals surface area (Å²) < 4.78 is 5.52. The summed E-state index contributed by atoms with van der Waals surface area (Å²) in [6.45, 7) is 2.53. The Kier molecular flexibility index (Phi) is 7.84. The van der Waals surface area contributed by atoms with Gasteiger partial charge < -0.3 is 20.5 Å². The Morgan fingerprint density at radius 1 is 1.30 bits per heavy atom. The number of aliphatic hydroxyl groups excluding tert-OH is 1. The highest BCUT2D eigenvalue weighted by atomic mass is 35.5. The van der Waals surface area contributed by atoms with E-state index in [0.717, 1.165) is 19.3 Å². The Hall–Kier alpha value is -1.46. The summed E-state index contributed by atoms with van der Waals surface area (Å²) in [5.74, 6) is 0.644. The average Bonchev–Trinajstić information content (AvgIpc) is 2.41. The number of hydrogen-bond donors (Lipinski definition) is 3. The molecule has 1 unspecified atom stereocenters. The summed E-state index contributed by atoms with van der Waals surface area (Å²) in [4.78, 5) is 11.6. The lowest BCUT2D eigenvalue weighted by atomic mass is 10.2. The Labute approximate surface area is 124 Å². The molecule has 5 nitrogen and oxygen atoms in total. The van der Waals surface area contributed by atoms with Crippen molar-refractivity contribution < 1.29 is 14.6 Å². The van der Waals surface area contributed by atoms with E-state index in [1.807, 2.05) is 0 Å². The maximum Gasteiger partial charge on any atom is 0.317 e. The van der Waals surface area contributed by atoms with E-state index in [9.17, 15) is 4.79 Å². The number of halogens is 1. The standard InChI is InChI=1S/C14H21ClN2O3/c1-11(20-13-7-5-12(15)6-8-13)17-14(19)16-9-3-2-4-10-18/h5-8,11,18H,2-4,9-10H2,1H3,(H2,16,17,19). The van der Waals surface area contributed by atoms with Gasteiger partial charge in [0.15, 0.2) is 6.23 Å². The molecule has 2 amide bonds. The molecule has 0 aliphatic heterocycles. The van der Waals surface area contributed by atoms with Gasteiger partial charge in [-0.25, -0.2) is 4.79 Å². The number of hydrogen-bond acceptors (Lipinski definition) is 3. The molecule has 1 aromatic carbocycles. The van der Waals surface area contributed by atoms with Gasteiger partial charge in [-0.2, -0.15) is 0 Å². The third kappa shape index (κ3) is 7.21. The number of carbonyl (C=O) groups excluding carboxylic acids is 1. The molecule has 0 radical (unpaired) electrons. The van der Waals surface area contributed by atoms with E-state index >= 15 is 0 Å². The van der Waals surface area contributed by atoms with Gasteiger partial charge in [-0.15, -0.1) is 0 Å². The summed E-state index contributed by atoms with van der Waals surface area (Å²) in [6, 6.07) is 6.67. The lowest BCUT2D eigenvalue weighted by molar-refractivity contribution is 0.177. The van der Waals surface area contributed by atoms with Gasteiger partial charge in [-0.3, -0.25) is 0 Å². The lowest BCUT2D eigenvalue weighted by Crippen LogP contribution is -2.43. The maximum absolute atomic E-state index is 11.6. The number of unbranched alkanes of at least 4 members (excludes halogenated alkanes) is 2. The Balaban J connectivity index is 2.19. The van der Waals surface area contributed by atoms with E-state index in [2.05, 4.69) is 10.6 Å². The smallest absolute Gasteiger partial charge is 0.317 e. The molecule has 0 spiro atoms. The van der Waals surface area contributed by atoms with Crippen LogP contribution in [0.5, 0.6) is 5.75 Å². The number of rotatable bonds is 8. The highest BCUT2D eigenvalue weighted by Crippen LogP contribution is 2.16. The van der Waals surface area contributed by atoms with Crippen LogP contribution in [0.15, 0.2) is 24.3 Å². The van der Waals surface area contributed by atoms with Crippen molar-refractivity contribution in [3.63, 3.8) is 0 Å². The molecule has 1 aromatic rings. The van der Waals surface area contributed by atoms with E-state index in [0.29, 0.717) is 17.3 Å². The number of aliphatic hydroxyl groups is 1. The number of urea groups is 1. The van der Waals surface area contributed by atoms with E-state index in [1.54, 1.807) is 31.2 Å². The van der Waals surface area contributed by atoms with E-state index in [1.165, 1.54) is 0 Å². The van der Waals surface area contributed by atoms with Crippen molar-refractivity contribution in [2.24, 2.45) is 0 Å². The second kappa shape index (κ2) is 9.44. The van der Waals surface area contributed by atoms with E-state index in [4.69, 9.17) is 21.4 Å². The third-order valence-corrected chi connectivity index (χ3v) is 2.83. The Morgan fingerprint density at radius 2 is 2.00 bits per heavy atom. The molecule has 0 aliphatic carbocycles. The van der Waals surface area contributed by atoms with Crippen molar-refractivity contribution in [1.29, 1.82) is 0 Å². The number of amides is 2. The Bertz CT molecular complexity index is 398. The molecule has 1 atom stereocenters. The average molecular weight is 301 g/mol. The SMILES string of the molecule is CC(NC(=O)NCCCCCO)Oc1ccc(Cl)cc1. The Morgan fingerprint density at radius 3 is 2.65 bits per heavy atom. The molecule has 0 aliphatic rings. The summed E-state index contributed by atoms with van der Waals surface area (Å²) in [6.07, 6.45) is 2.07. The largest absolute Gasteiger partial charge is 0.471 e. The summed E-state index contributed by atoms with van der Waals surface area (Å²) in [5, 5.41) is 14.7. The lowest BCUT2D eigenvalue weighted by Gasteiger charge is -2.16. The van der Waals surface area contributed by atoms with Gasteiger partial charge in [0.2, 0.25) is 0 Å². The van der Waals surface area contributed by atoms with Crippen molar-refractivity contribution >= 4 is 17.6 Å². The highest BCUT2D eigenvalue weighted by molar-refractivity contribution is 6.30. The van der Waals surface area contributed by atoms with E-state index < -0.39 is 6.23 Å². The van der Waals surface area contributed by atoms with Crippen LogP contribution in [0.25, 0.3) is 0 Å². The molecular formula is C14H21ClN2O3. The van der Waals surface area contributed by atoms with Crippen LogP contribution in [0.1, 0.15) is 26.2 Å². The normalized spacial score (nSPS) is 11.8. The van der Waals surface area contributed by atoms with Crippen LogP contribution in [0.4, 0.5) is 4.79 Å². The minimum atomic E-state index is -0.436. The van der Waals surface area contributed by atoms with Crippen LogP contribution in [0.2, 0.25) is 5.02 Å². The molecule has 112 valence electrons. The summed E-state index contributed by atoms with van der Waals surface area (Å²) >= 11 is 5.77. The minimum absolute atomic E-state index is 0.193. The minimum Gasteiger partial charge on any atom is -0.471 e. The van der Waals surface area contributed by atoms with Crippen molar-refractivity contribution in [1.82, 2.24) is 10.6 Å². The van der Waals surface area contributed by atoms with Crippen LogP contribution in [0, 0.1) is 0 Å². The van der Waals surface area contributed by atoms with Gasteiger partial charge in [-0.05, 0) is 50.5 Å². The van der Waals surface area contributed by atoms with Gasteiger partial charge in [-0.1, -0.05) is 11.6 Å². The van der Waals surface area contributed by atoms with E-state index in [-0.39, 0.29) is 12.6 Å². The van der Waals surface area contributed by atoms with Gasteiger partial charge in [0.05, 0.1) is 0 Å². The molecule has 0 aromatic heterocycles. The topological polar surface area (TPSA) is 70.6 Å². The molecule has 0 saturated heterocycles. The van der Waals surface area contributed by atoms with Crippen LogP contribution >= 0.6 is 11.6 Å². The zero-order valence-corrected chi connectivity index (χ0v) is 12.3. The first kappa shape index (κ1) is 16.6. The van der Waals surface area contributed by atoms with Crippen LogP contribution < -0.4 is 15.4 Å². The molecule has 0 saturated carbocycles. The fourth-order valence-electron chi connectivity index (χ4n) is 1.60. The molecule has 6 heteroatoms. The number of benzene rings is 1. The van der Waals surface area contributed by atoms with Gasteiger partial charge in [0.25, 0.3) is 0 Å². The van der Waals surface area contributed by atoms with Gasteiger partial charge >= 0.3 is 6.03 Å². The number of nitrogens with one attached hydrogen (secondary N) is 2. The predicted octanol–water partition coefficient (Wildman–Crippen LogP) is 2.53. The molecule has 0 heterocycles. The molecular weight excluding hydrogens is 280 g/mol. The molecule has 3 N–H and O–H groups in total. The molecule has 1 rings (SSSR count). The molecule has 20 heavy (non-hydrogen) atoms. The van der Waals surface area contributed by atoms with Crippen LogP contribution in [-0.2, 0) is 0 Å². The molecule has 0 bridgehead atoms. The van der Waals surface area contributed by atoms with Gasteiger partial charge in [0, 0.05) is 18.2 Å². The van der Waals surface area contributed by atoms with Gasteiger partial charge in [0.1, 0.15) is 5.75 Å². The second-order valence-electron chi connectivity index (χ2n) is 4.40. The fourth-order valence-corrected chi connectivity index (χ4v) is 1.72. The van der Waals surface area contributed by atoms with Crippen molar-refractivity contribution in [2.45, 2.75) is 32.4 Å². The molecule has 0 fully saturated rings. The first-order valence-corrected chi connectivity index (χ1v) is 7.07. The van der Waals surface area contributed by atoms with Crippen LogP contribution in [0.3, 0.4) is 0 Å². The second-order valence-corrected chi connectivity index (χ2v) is 4.83. The van der Waals surface area contributed by atoms with Crippen molar-refractivity contribution in [3.8, 4) is 5.75 Å². The predicted molar refractivity (Wildman–Crippen MR) is 79.0 cm³/mol. The zero-order chi connectivity index (χ0) is 14.8. The first-order valence-electron chi connectivity index (χ1n) is 6.69. The van der Waals surface area contributed by atoms with Crippen molar-refractivity contribution in [2.75, 3.05) is 13.2 Å². The first-order chi connectivity index (χ1) is 9.61. The number of ether oxygens (including phenoxy) is 1. The fraction of sp³-hybridized carbons (Fsp3) is 0.500. The zero-order valence-electron chi connectivity index (χ0n) is 11.6. The monoisotopic (exact) mass is 300 g/mol. The van der Waals surface area contributed by atoms with Crippen LogP contribution in [-0.4, -0.2) is 30.5 Å². The maximum atomic E-state index is 11.6. The number of carbonyl (C=O) groups is 1. The third-order valence-electron chi connectivity index (χ3n) is 2.58. The highest BCUT2D eigenvalue weighted by Gasteiger charge is 2.07. The summed E-state index contributed by atoms with van der Waals surface area (Å²) in [5.41, 5.74) is 0.